The van der Waals surface area contributed by atoms with Crippen LogP contribution >= 0.6 is 0 Å². The lowest BCUT2D eigenvalue weighted by molar-refractivity contribution is -0.122. The average Bonchev–Trinajstić information content (AvgIpc) is 2.96. The number of rotatable bonds is 5. The van der Waals surface area contributed by atoms with Gasteiger partial charge in [0.1, 0.15) is 11.5 Å². The van der Waals surface area contributed by atoms with Crippen molar-refractivity contribution in [1.82, 2.24) is 0 Å². The number of hydrogen-bond donors (Lipinski definition) is 0. The monoisotopic (exact) mass is 385 g/mol. The quantitative estimate of drug-likeness (QED) is 0.566. The summed E-state index contributed by atoms with van der Waals surface area (Å²) >= 11 is 0. The molecule has 0 radical (unpaired) electrons. The fourth-order valence-corrected chi connectivity index (χ4v) is 3.88. The fourth-order valence-electron chi connectivity index (χ4n) is 3.88. The highest BCUT2D eigenvalue weighted by Crippen LogP contribution is 2.31. The Kier molecular flexibility index (Phi) is 5.17. The molecule has 1 heterocycles. The Morgan fingerprint density at radius 1 is 0.862 bits per heavy atom. The summed E-state index contributed by atoms with van der Waals surface area (Å²) in [5.74, 6) is 0.795. The highest BCUT2D eigenvalue weighted by molar-refractivity contribution is 6.21. The van der Waals surface area contributed by atoms with Gasteiger partial charge >= 0.3 is 0 Å². The van der Waals surface area contributed by atoms with Crippen LogP contribution in [0.25, 0.3) is 0 Å². The van der Waals surface area contributed by atoms with E-state index in [1.165, 1.54) is 16.0 Å². The summed E-state index contributed by atoms with van der Waals surface area (Å²) in [7, 11) is 0. The van der Waals surface area contributed by atoms with E-state index in [0.717, 1.165) is 11.3 Å². The summed E-state index contributed by atoms with van der Waals surface area (Å²) < 4.78 is 5.78. The second-order valence-electron chi connectivity index (χ2n) is 7.58. The van der Waals surface area contributed by atoms with Crippen molar-refractivity contribution in [3.63, 3.8) is 0 Å². The van der Waals surface area contributed by atoms with E-state index >= 15 is 0 Å². The first-order chi connectivity index (χ1) is 14.0. The lowest BCUT2D eigenvalue weighted by Crippen LogP contribution is -2.30. The number of aryl methyl sites for hydroxylation is 2. The lowest BCUT2D eigenvalue weighted by Gasteiger charge is -2.16. The van der Waals surface area contributed by atoms with Crippen molar-refractivity contribution >= 4 is 17.5 Å². The molecule has 1 atom stereocenters. The molecule has 2 amide bonds. The number of hydrogen-bond acceptors (Lipinski definition) is 3. The Morgan fingerprint density at radius 3 is 2.14 bits per heavy atom. The smallest absolute Gasteiger partial charge is 0.237 e. The third-order valence-corrected chi connectivity index (χ3v) is 5.08. The molecule has 3 aromatic carbocycles. The molecule has 4 heteroatoms. The van der Waals surface area contributed by atoms with Crippen molar-refractivity contribution in [3.05, 3.63) is 89.5 Å². The van der Waals surface area contributed by atoms with Crippen molar-refractivity contribution in [1.29, 1.82) is 0 Å². The van der Waals surface area contributed by atoms with Crippen LogP contribution < -0.4 is 9.64 Å². The number of anilines is 1. The van der Waals surface area contributed by atoms with Crippen molar-refractivity contribution < 1.29 is 14.3 Å². The third-order valence-electron chi connectivity index (χ3n) is 5.08. The van der Waals surface area contributed by atoms with E-state index in [0.29, 0.717) is 17.9 Å². The number of amides is 2. The van der Waals surface area contributed by atoms with E-state index in [-0.39, 0.29) is 24.2 Å². The molecule has 0 aliphatic carbocycles. The van der Waals surface area contributed by atoms with E-state index in [2.05, 4.69) is 18.2 Å². The van der Waals surface area contributed by atoms with Gasteiger partial charge in [0.15, 0.2) is 0 Å². The van der Waals surface area contributed by atoms with Gasteiger partial charge in [0, 0.05) is 6.42 Å². The zero-order chi connectivity index (χ0) is 20.4. The molecule has 3 aromatic rings. The van der Waals surface area contributed by atoms with Crippen LogP contribution in [-0.4, -0.2) is 11.8 Å². The number of ether oxygens (including phenoxy) is 1. The number of carbonyl (C=O) groups excluding carboxylic acids is 2. The Hall–Kier alpha value is -3.40. The molecule has 1 aliphatic heterocycles. The van der Waals surface area contributed by atoms with Gasteiger partial charge in [-0.1, -0.05) is 47.5 Å². The molecule has 1 aliphatic rings. The predicted molar refractivity (Wildman–Crippen MR) is 113 cm³/mol. The summed E-state index contributed by atoms with van der Waals surface area (Å²) in [6.07, 6.45) is 0.826. The van der Waals surface area contributed by atoms with Gasteiger partial charge in [-0.2, -0.15) is 0 Å². The van der Waals surface area contributed by atoms with Crippen molar-refractivity contribution in [3.8, 4) is 11.5 Å². The van der Waals surface area contributed by atoms with E-state index in [9.17, 15) is 9.59 Å². The largest absolute Gasteiger partial charge is 0.457 e. The van der Waals surface area contributed by atoms with Crippen LogP contribution in [0.1, 0.15) is 23.1 Å². The van der Waals surface area contributed by atoms with Gasteiger partial charge in [0.2, 0.25) is 11.8 Å². The molecule has 146 valence electrons. The summed E-state index contributed by atoms with van der Waals surface area (Å²) in [5.41, 5.74) is 4.02. The predicted octanol–water partition coefficient (Wildman–Crippen LogP) is 5.22. The molecule has 0 N–H and O–H groups in total. The molecule has 29 heavy (non-hydrogen) atoms. The van der Waals surface area contributed by atoms with E-state index < -0.39 is 0 Å². The number of benzene rings is 3. The Balaban J connectivity index is 1.48. The van der Waals surface area contributed by atoms with Crippen molar-refractivity contribution in [2.24, 2.45) is 5.92 Å². The number of carbonyl (C=O) groups is 2. The zero-order valence-electron chi connectivity index (χ0n) is 16.6. The standard InChI is InChI=1S/C25H23NO3/c1-17-12-18(2)14-19(13-17)15-20-16-24(27)26(25(20)28)21-8-10-23(11-9-21)29-22-6-4-3-5-7-22/h3-14,20H,15-16H2,1-2H3. The van der Waals surface area contributed by atoms with E-state index in [4.69, 9.17) is 4.74 Å². The van der Waals surface area contributed by atoms with Gasteiger partial charge in [0.05, 0.1) is 11.6 Å². The molecule has 1 fully saturated rings. The minimum atomic E-state index is -0.316. The van der Waals surface area contributed by atoms with Crippen LogP contribution in [0.3, 0.4) is 0 Å². The van der Waals surface area contributed by atoms with Gasteiger partial charge in [-0.25, -0.2) is 0 Å². The maximum atomic E-state index is 12.9. The fraction of sp³-hybridized carbons (Fsp3) is 0.200. The minimum absolute atomic E-state index is 0.133. The van der Waals surface area contributed by atoms with E-state index in [1.54, 1.807) is 24.3 Å². The number of nitrogens with zero attached hydrogens (tertiary/aromatic N) is 1. The van der Waals surface area contributed by atoms with Crippen LogP contribution in [0.5, 0.6) is 11.5 Å². The number of para-hydroxylation sites is 1. The minimum Gasteiger partial charge on any atom is -0.457 e. The first kappa shape index (κ1) is 18.9. The van der Waals surface area contributed by atoms with Gasteiger partial charge in [-0.15, -0.1) is 0 Å². The first-order valence-electron chi connectivity index (χ1n) is 9.76. The summed E-state index contributed by atoms with van der Waals surface area (Å²) in [6, 6.07) is 22.8. The second kappa shape index (κ2) is 7.92. The molecule has 4 rings (SSSR count). The van der Waals surface area contributed by atoms with Crippen LogP contribution in [0.15, 0.2) is 72.8 Å². The first-order valence-corrected chi connectivity index (χ1v) is 9.76. The Labute approximate surface area is 170 Å². The average molecular weight is 385 g/mol. The summed E-state index contributed by atoms with van der Waals surface area (Å²) in [5, 5.41) is 0. The maximum Gasteiger partial charge on any atom is 0.237 e. The van der Waals surface area contributed by atoms with E-state index in [1.807, 2.05) is 44.2 Å². The SMILES string of the molecule is Cc1cc(C)cc(CC2CC(=O)N(c3ccc(Oc4ccccc4)cc3)C2=O)c1. The van der Waals surface area contributed by atoms with Gasteiger partial charge in [-0.3, -0.25) is 14.5 Å². The van der Waals surface area contributed by atoms with Gasteiger partial charge in [0.25, 0.3) is 0 Å². The van der Waals surface area contributed by atoms with Crippen LogP contribution in [0, 0.1) is 19.8 Å². The molecule has 0 bridgehead atoms. The Morgan fingerprint density at radius 2 is 1.48 bits per heavy atom. The second-order valence-corrected chi connectivity index (χ2v) is 7.58. The topological polar surface area (TPSA) is 46.6 Å². The highest BCUT2D eigenvalue weighted by atomic mass is 16.5. The van der Waals surface area contributed by atoms with Crippen molar-refractivity contribution in [2.45, 2.75) is 26.7 Å². The van der Waals surface area contributed by atoms with Crippen molar-refractivity contribution in [2.75, 3.05) is 4.90 Å². The molecule has 1 saturated heterocycles. The maximum absolute atomic E-state index is 12.9. The number of imide groups is 1. The molecule has 0 saturated carbocycles. The Bertz CT molecular complexity index is 1020. The highest BCUT2D eigenvalue weighted by Gasteiger charge is 2.39. The van der Waals surface area contributed by atoms with Crippen LogP contribution in [-0.2, 0) is 16.0 Å². The summed E-state index contributed by atoms with van der Waals surface area (Å²) in [4.78, 5) is 26.8. The lowest BCUT2D eigenvalue weighted by atomic mass is 9.95. The zero-order valence-corrected chi connectivity index (χ0v) is 16.6. The van der Waals surface area contributed by atoms with Crippen LogP contribution in [0.2, 0.25) is 0 Å². The normalized spacial score (nSPS) is 16.3. The molecule has 4 nitrogen and oxygen atoms in total. The molecular formula is C25H23NO3. The molecule has 1 unspecified atom stereocenters. The molecular weight excluding hydrogens is 362 g/mol. The van der Waals surface area contributed by atoms with Gasteiger partial charge < -0.3 is 4.74 Å². The third kappa shape index (κ3) is 4.21. The molecule has 0 aromatic heterocycles. The molecule has 0 spiro atoms. The summed E-state index contributed by atoms with van der Waals surface area (Å²) in [6.45, 7) is 4.09. The van der Waals surface area contributed by atoms with Gasteiger partial charge in [-0.05, 0) is 62.2 Å². The van der Waals surface area contributed by atoms with Crippen LogP contribution in [0.4, 0.5) is 5.69 Å².